The smallest absolute Gasteiger partial charge is 0.272 e. The van der Waals surface area contributed by atoms with Crippen LogP contribution in [0.3, 0.4) is 0 Å². The van der Waals surface area contributed by atoms with Crippen LogP contribution in [-0.2, 0) is 12.8 Å². The van der Waals surface area contributed by atoms with Crippen molar-refractivity contribution in [1.29, 1.82) is 0 Å². The van der Waals surface area contributed by atoms with Gasteiger partial charge in [0, 0.05) is 22.8 Å². The molecular formula is C24H24N4O4S. The maximum atomic E-state index is 13.1. The standard InChI is InChI=1S/C24H24N4O4S/c1-2-32-17-11-9-15(10-12-17)22(30)27-28-23(31)20-18-7-3-4-8-19(18)33-24(20)26-21(29)16-6-5-13-25-14-16/h5-6,9-14H,2-4,7-8H2,1H3,(H,26,29)(H,27,30)(H,28,31). The number of aromatic nitrogens is 1. The minimum atomic E-state index is -0.463. The molecule has 3 N–H and O–H groups in total. The van der Waals surface area contributed by atoms with Crippen LogP contribution in [0.2, 0.25) is 0 Å². The van der Waals surface area contributed by atoms with Crippen molar-refractivity contribution in [1.82, 2.24) is 15.8 Å². The topological polar surface area (TPSA) is 109 Å². The van der Waals surface area contributed by atoms with Gasteiger partial charge in [-0.05, 0) is 74.6 Å². The number of hydrazine groups is 1. The molecule has 9 heteroatoms. The first-order valence-electron chi connectivity index (χ1n) is 10.8. The number of benzene rings is 1. The Morgan fingerprint density at radius 3 is 2.45 bits per heavy atom. The summed E-state index contributed by atoms with van der Waals surface area (Å²) in [4.78, 5) is 43.3. The number of anilines is 1. The van der Waals surface area contributed by atoms with Gasteiger partial charge in [0.05, 0.1) is 17.7 Å². The summed E-state index contributed by atoms with van der Waals surface area (Å²) < 4.78 is 5.38. The van der Waals surface area contributed by atoms with Crippen molar-refractivity contribution in [2.75, 3.05) is 11.9 Å². The number of amides is 3. The lowest BCUT2D eigenvalue weighted by Crippen LogP contribution is -2.42. The lowest BCUT2D eigenvalue weighted by Gasteiger charge is -2.14. The molecule has 1 aromatic carbocycles. The molecule has 0 bridgehead atoms. The molecule has 0 spiro atoms. The number of ether oxygens (including phenoxy) is 1. The third-order valence-corrected chi connectivity index (χ3v) is 6.47. The monoisotopic (exact) mass is 464 g/mol. The van der Waals surface area contributed by atoms with Gasteiger partial charge in [-0.1, -0.05) is 0 Å². The van der Waals surface area contributed by atoms with Gasteiger partial charge in [0.25, 0.3) is 17.7 Å². The average molecular weight is 465 g/mol. The molecule has 0 aliphatic heterocycles. The summed E-state index contributed by atoms with van der Waals surface area (Å²) in [6, 6.07) is 9.98. The van der Waals surface area contributed by atoms with Crippen LogP contribution in [0.4, 0.5) is 5.00 Å². The third-order valence-electron chi connectivity index (χ3n) is 5.27. The zero-order valence-electron chi connectivity index (χ0n) is 18.1. The van der Waals surface area contributed by atoms with Crippen molar-refractivity contribution in [2.24, 2.45) is 0 Å². The van der Waals surface area contributed by atoms with Gasteiger partial charge in [0.2, 0.25) is 0 Å². The largest absolute Gasteiger partial charge is 0.494 e. The van der Waals surface area contributed by atoms with Crippen LogP contribution >= 0.6 is 11.3 Å². The van der Waals surface area contributed by atoms with E-state index in [-0.39, 0.29) is 5.91 Å². The van der Waals surface area contributed by atoms with Gasteiger partial charge < -0.3 is 10.1 Å². The van der Waals surface area contributed by atoms with Crippen molar-refractivity contribution in [2.45, 2.75) is 32.6 Å². The Bertz CT molecular complexity index is 1160. The molecule has 1 aliphatic rings. The van der Waals surface area contributed by atoms with E-state index in [0.29, 0.717) is 34.0 Å². The Labute approximate surface area is 195 Å². The van der Waals surface area contributed by atoms with Crippen molar-refractivity contribution in [3.63, 3.8) is 0 Å². The minimum absolute atomic E-state index is 0.339. The van der Waals surface area contributed by atoms with Crippen LogP contribution < -0.4 is 20.9 Å². The lowest BCUT2D eigenvalue weighted by molar-refractivity contribution is 0.0846. The average Bonchev–Trinajstić information content (AvgIpc) is 3.21. The summed E-state index contributed by atoms with van der Waals surface area (Å²) in [5.41, 5.74) is 7.08. The first kappa shape index (κ1) is 22.5. The minimum Gasteiger partial charge on any atom is -0.494 e. The van der Waals surface area contributed by atoms with E-state index in [9.17, 15) is 14.4 Å². The molecule has 3 aromatic rings. The van der Waals surface area contributed by atoms with Gasteiger partial charge in [-0.25, -0.2) is 0 Å². The highest BCUT2D eigenvalue weighted by atomic mass is 32.1. The molecule has 4 rings (SSSR count). The Hall–Kier alpha value is -3.72. The fraction of sp³-hybridized carbons (Fsp3) is 0.250. The normalized spacial score (nSPS) is 12.4. The highest BCUT2D eigenvalue weighted by Crippen LogP contribution is 2.38. The number of rotatable bonds is 6. The molecule has 0 saturated heterocycles. The highest BCUT2D eigenvalue weighted by Gasteiger charge is 2.27. The fourth-order valence-corrected chi connectivity index (χ4v) is 4.97. The van der Waals surface area contributed by atoms with E-state index in [1.54, 1.807) is 42.6 Å². The SMILES string of the molecule is CCOc1ccc(C(=O)NNC(=O)c2c(NC(=O)c3cccnc3)sc3c2CCCC3)cc1. The number of pyridine rings is 1. The number of thiophene rings is 1. The summed E-state index contributed by atoms with van der Waals surface area (Å²) in [5, 5.41) is 3.33. The number of carbonyl (C=O) groups excluding carboxylic acids is 3. The van der Waals surface area contributed by atoms with Crippen molar-refractivity contribution in [3.8, 4) is 5.75 Å². The molecule has 170 valence electrons. The highest BCUT2D eigenvalue weighted by molar-refractivity contribution is 7.17. The molecule has 1 aliphatic carbocycles. The summed E-state index contributed by atoms with van der Waals surface area (Å²) in [5.74, 6) is -0.585. The van der Waals surface area contributed by atoms with E-state index in [2.05, 4.69) is 21.2 Å². The van der Waals surface area contributed by atoms with Crippen LogP contribution in [0.25, 0.3) is 0 Å². The molecule has 33 heavy (non-hydrogen) atoms. The van der Waals surface area contributed by atoms with Crippen molar-refractivity contribution < 1.29 is 19.1 Å². The van der Waals surface area contributed by atoms with Gasteiger partial charge >= 0.3 is 0 Å². The molecule has 0 radical (unpaired) electrons. The van der Waals surface area contributed by atoms with Crippen molar-refractivity contribution >= 4 is 34.1 Å². The molecule has 0 atom stereocenters. The zero-order valence-corrected chi connectivity index (χ0v) is 19.0. The molecule has 0 unspecified atom stereocenters. The Morgan fingerprint density at radius 2 is 1.73 bits per heavy atom. The van der Waals surface area contributed by atoms with E-state index >= 15 is 0 Å². The first-order valence-corrected chi connectivity index (χ1v) is 11.6. The summed E-state index contributed by atoms with van der Waals surface area (Å²) in [7, 11) is 0. The molecule has 2 aromatic heterocycles. The number of nitrogens with one attached hydrogen (secondary N) is 3. The molecule has 8 nitrogen and oxygen atoms in total. The van der Waals surface area contributed by atoms with E-state index in [4.69, 9.17) is 4.74 Å². The Balaban J connectivity index is 1.49. The maximum Gasteiger partial charge on any atom is 0.272 e. The molecule has 0 saturated carbocycles. The summed E-state index contributed by atoms with van der Waals surface area (Å²) in [6.45, 7) is 2.42. The maximum absolute atomic E-state index is 13.1. The molecule has 2 heterocycles. The van der Waals surface area contributed by atoms with Gasteiger partial charge in [-0.3, -0.25) is 30.2 Å². The van der Waals surface area contributed by atoms with Gasteiger partial charge in [-0.2, -0.15) is 0 Å². The number of nitrogens with zero attached hydrogens (tertiary/aromatic N) is 1. The molecular weight excluding hydrogens is 440 g/mol. The second-order valence-electron chi connectivity index (χ2n) is 7.48. The van der Waals surface area contributed by atoms with Crippen LogP contribution in [0, 0.1) is 0 Å². The van der Waals surface area contributed by atoms with Crippen LogP contribution in [0.5, 0.6) is 5.75 Å². The third kappa shape index (κ3) is 5.20. The number of fused-ring (bicyclic) bond motifs is 1. The molecule has 0 fully saturated rings. The predicted molar refractivity (Wildman–Crippen MR) is 126 cm³/mol. The van der Waals surface area contributed by atoms with Gasteiger partial charge in [0.1, 0.15) is 10.8 Å². The second kappa shape index (κ2) is 10.3. The summed E-state index contributed by atoms with van der Waals surface area (Å²) >= 11 is 1.41. The number of aryl methyl sites for hydroxylation is 1. The summed E-state index contributed by atoms with van der Waals surface area (Å²) in [6.07, 6.45) is 6.69. The van der Waals surface area contributed by atoms with Crippen molar-refractivity contribution in [3.05, 3.63) is 75.9 Å². The van der Waals surface area contributed by atoms with E-state index in [0.717, 1.165) is 36.1 Å². The second-order valence-corrected chi connectivity index (χ2v) is 8.58. The number of hydrogen-bond donors (Lipinski definition) is 3. The lowest BCUT2D eigenvalue weighted by atomic mass is 9.95. The predicted octanol–water partition coefficient (Wildman–Crippen LogP) is 3.75. The zero-order chi connectivity index (χ0) is 23.2. The Kier molecular flexibility index (Phi) is 6.99. The number of hydrogen-bond acceptors (Lipinski definition) is 6. The first-order chi connectivity index (χ1) is 16.1. The van der Waals surface area contributed by atoms with Gasteiger partial charge in [0.15, 0.2) is 0 Å². The van der Waals surface area contributed by atoms with Crippen LogP contribution in [-0.4, -0.2) is 29.3 Å². The number of carbonyl (C=O) groups is 3. The molecule has 3 amide bonds. The van der Waals surface area contributed by atoms with Crippen LogP contribution in [0.15, 0.2) is 48.8 Å². The van der Waals surface area contributed by atoms with E-state index in [1.165, 1.54) is 17.5 Å². The van der Waals surface area contributed by atoms with Crippen LogP contribution in [0.1, 0.15) is 61.3 Å². The van der Waals surface area contributed by atoms with E-state index in [1.807, 2.05) is 6.92 Å². The quantitative estimate of drug-likeness (QED) is 0.482. The van der Waals surface area contributed by atoms with E-state index < -0.39 is 11.8 Å². The fourth-order valence-electron chi connectivity index (χ4n) is 3.68. The van der Waals surface area contributed by atoms with Gasteiger partial charge in [-0.15, -0.1) is 11.3 Å². The Morgan fingerprint density at radius 1 is 0.970 bits per heavy atom.